The minimum atomic E-state index is -0.228. The summed E-state index contributed by atoms with van der Waals surface area (Å²) >= 11 is 0. The Morgan fingerprint density at radius 2 is 2.28 bits per heavy atom. The van der Waals surface area contributed by atoms with Crippen molar-refractivity contribution in [2.45, 2.75) is 24.8 Å². The summed E-state index contributed by atoms with van der Waals surface area (Å²) in [5.41, 5.74) is 6.75. The molecule has 1 amide bonds. The van der Waals surface area contributed by atoms with Crippen molar-refractivity contribution in [3.8, 4) is 0 Å². The van der Waals surface area contributed by atoms with E-state index in [9.17, 15) is 9.18 Å². The molecule has 4 heteroatoms. The second kappa shape index (κ2) is 4.35. The fourth-order valence-electron chi connectivity index (χ4n) is 2.80. The smallest absolute Gasteiger partial charge is 0.226 e. The summed E-state index contributed by atoms with van der Waals surface area (Å²) in [4.78, 5) is 14.1. The second-order valence-electron chi connectivity index (χ2n) is 5.34. The molecule has 3 rings (SSSR count). The van der Waals surface area contributed by atoms with Gasteiger partial charge >= 0.3 is 0 Å². The van der Waals surface area contributed by atoms with Crippen LogP contribution < -0.4 is 5.73 Å². The lowest BCUT2D eigenvalue weighted by atomic mass is 10.1. The van der Waals surface area contributed by atoms with Gasteiger partial charge in [0.1, 0.15) is 5.82 Å². The van der Waals surface area contributed by atoms with Crippen LogP contribution in [0.25, 0.3) is 0 Å². The predicted molar refractivity (Wildman–Crippen MR) is 66.4 cm³/mol. The molecule has 1 saturated heterocycles. The molecule has 18 heavy (non-hydrogen) atoms. The second-order valence-corrected chi connectivity index (χ2v) is 5.34. The van der Waals surface area contributed by atoms with Crippen LogP contribution in [-0.4, -0.2) is 29.9 Å². The molecule has 1 aliphatic heterocycles. The molecule has 1 saturated carbocycles. The van der Waals surface area contributed by atoms with E-state index < -0.39 is 0 Å². The van der Waals surface area contributed by atoms with Gasteiger partial charge in [0, 0.05) is 25.0 Å². The lowest BCUT2D eigenvalue weighted by molar-refractivity contribution is -0.131. The number of halogens is 1. The Balaban J connectivity index is 1.65. The van der Waals surface area contributed by atoms with E-state index >= 15 is 0 Å². The minimum Gasteiger partial charge on any atom is -0.341 e. The first-order chi connectivity index (χ1) is 8.65. The van der Waals surface area contributed by atoms with Gasteiger partial charge in [-0.2, -0.15) is 0 Å². The molecule has 1 heterocycles. The van der Waals surface area contributed by atoms with Gasteiger partial charge in [0.2, 0.25) is 5.91 Å². The summed E-state index contributed by atoms with van der Waals surface area (Å²) in [5.74, 6) is 0.202. The first-order valence-electron chi connectivity index (χ1n) is 6.45. The van der Waals surface area contributed by atoms with E-state index in [1.165, 1.54) is 12.1 Å². The number of benzene rings is 1. The zero-order valence-corrected chi connectivity index (χ0v) is 10.2. The summed E-state index contributed by atoms with van der Waals surface area (Å²) < 4.78 is 13.1. The lowest BCUT2D eigenvalue weighted by Gasteiger charge is -2.15. The average molecular weight is 248 g/mol. The molecule has 3 nitrogen and oxygen atoms in total. The van der Waals surface area contributed by atoms with Crippen LogP contribution in [0, 0.1) is 11.7 Å². The molecule has 0 radical (unpaired) electrons. The van der Waals surface area contributed by atoms with Gasteiger partial charge in [-0.25, -0.2) is 4.39 Å². The van der Waals surface area contributed by atoms with Gasteiger partial charge < -0.3 is 10.6 Å². The fraction of sp³-hybridized carbons (Fsp3) is 0.500. The molecule has 2 fully saturated rings. The van der Waals surface area contributed by atoms with E-state index in [2.05, 4.69) is 0 Å². The Kier molecular flexibility index (Phi) is 2.82. The Hall–Kier alpha value is -1.42. The van der Waals surface area contributed by atoms with Gasteiger partial charge in [-0.05, 0) is 36.5 Å². The maximum absolute atomic E-state index is 13.1. The van der Waals surface area contributed by atoms with Crippen molar-refractivity contribution in [1.82, 2.24) is 4.90 Å². The van der Waals surface area contributed by atoms with Gasteiger partial charge in [0.05, 0.1) is 0 Å². The summed E-state index contributed by atoms with van der Waals surface area (Å²) in [7, 11) is 0. The maximum Gasteiger partial charge on any atom is 0.226 e. The molecule has 0 aromatic heterocycles. The molecule has 2 aliphatic rings. The predicted octanol–water partition coefficient (Wildman–Crippen LogP) is 1.49. The topological polar surface area (TPSA) is 46.3 Å². The molecule has 96 valence electrons. The van der Waals surface area contributed by atoms with E-state index in [0.29, 0.717) is 6.54 Å². The molecule has 3 atom stereocenters. The van der Waals surface area contributed by atoms with Crippen LogP contribution in [0.4, 0.5) is 4.39 Å². The largest absolute Gasteiger partial charge is 0.341 e. The monoisotopic (exact) mass is 248 g/mol. The molecule has 1 aromatic carbocycles. The van der Waals surface area contributed by atoms with Gasteiger partial charge in [-0.3, -0.25) is 4.79 Å². The SMILES string of the molecule is N[C@@H]1CCN(C(=O)C2CC2c2cccc(F)c2)C1. The first-order valence-corrected chi connectivity index (χ1v) is 6.45. The third-order valence-corrected chi connectivity index (χ3v) is 3.92. The molecule has 1 aliphatic carbocycles. The Labute approximate surface area is 106 Å². The summed E-state index contributed by atoms with van der Waals surface area (Å²) in [6.45, 7) is 1.44. The van der Waals surface area contributed by atoms with Gasteiger partial charge in [-0.15, -0.1) is 0 Å². The Bertz CT molecular complexity index is 477. The van der Waals surface area contributed by atoms with Crippen LogP contribution in [0.1, 0.15) is 24.3 Å². The third kappa shape index (κ3) is 2.12. The van der Waals surface area contributed by atoms with E-state index in [-0.39, 0.29) is 29.6 Å². The third-order valence-electron chi connectivity index (χ3n) is 3.92. The van der Waals surface area contributed by atoms with Gasteiger partial charge in [0.15, 0.2) is 0 Å². The Morgan fingerprint density at radius 3 is 2.94 bits per heavy atom. The van der Waals surface area contributed by atoms with Crippen molar-refractivity contribution in [3.63, 3.8) is 0 Å². The molecular formula is C14H17FN2O. The van der Waals surface area contributed by atoms with Crippen molar-refractivity contribution >= 4 is 5.91 Å². The van der Waals surface area contributed by atoms with E-state index in [1.807, 2.05) is 11.0 Å². The van der Waals surface area contributed by atoms with Crippen LogP contribution in [0.15, 0.2) is 24.3 Å². The van der Waals surface area contributed by atoms with Gasteiger partial charge in [-0.1, -0.05) is 12.1 Å². The normalized spacial score (nSPS) is 30.6. The molecule has 0 spiro atoms. The summed E-state index contributed by atoms with van der Waals surface area (Å²) in [6.07, 6.45) is 1.73. The van der Waals surface area contributed by atoms with Crippen molar-refractivity contribution in [2.75, 3.05) is 13.1 Å². The molecule has 0 bridgehead atoms. The number of carbonyl (C=O) groups excluding carboxylic acids is 1. The van der Waals surface area contributed by atoms with Gasteiger partial charge in [0.25, 0.3) is 0 Å². The molecule has 1 aromatic rings. The van der Waals surface area contributed by atoms with Crippen molar-refractivity contribution in [2.24, 2.45) is 11.7 Å². The summed E-state index contributed by atoms with van der Waals surface area (Å²) in [5, 5.41) is 0. The van der Waals surface area contributed by atoms with E-state index in [4.69, 9.17) is 5.73 Å². The maximum atomic E-state index is 13.1. The highest BCUT2D eigenvalue weighted by molar-refractivity contribution is 5.83. The van der Waals surface area contributed by atoms with Crippen LogP contribution in [0.3, 0.4) is 0 Å². The van der Waals surface area contributed by atoms with Crippen molar-refractivity contribution in [3.05, 3.63) is 35.6 Å². The van der Waals surface area contributed by atoms with Crippen LogP contribution in [0.5, 0.6) is 0 Å². The molecular weight excluding hydrogens is 231 g/mol. The van der Waals surface area contributed by atoms with E-state index in [0.717, 1.165) is 24.9 Å². The number of likely N-dealkylation sites (tertiary alicyclic amines) is 1. The zero-order valence-electron chi connectivity index (χ0n) is 10.2. The average Bonchev–Trinajstić information content (AvgIpc) is 3.04. The highest BCUT2D eigenvalue weighted by atomic mass is 19.1. The minimum absolute atomic E-state index is 0.0390. The quantitative estimate of drug-likeness (QED) is 0.862. The first kappa shape index (κ1) is 11.7. The fourth-order valence-corrected chi connectivity index (χ4v) is 2.80. The molecule has 2 N–H and O–H groups in total. The van der Waals surface area contributed by atoms with Crippen molar-refractivity contribution in [1.29, 1.82) is 0 Å². The van der Waals surface area contributed by atoms with Crippen LogP contribution in [0.2, 0.25) is 0 Å². The number of nitrogens with zero attached hydrogens (tertiary/aromatic N) is 1. The summed E-state index contributed by atoms with van der Waals surface area (Å²) in [6, 6.07) is 6.70. The number of rotatable bonds is 2. The highest BCUT2D eigenvalue weighted by Crippen LogP contribution is 2.48. The number of nitrogens with two attached hydrogens (primary N) is 1. The standard InChI is InChI=1S/C14H17FN2O/c15-10-3-1-2-9(6-10)12-7-13(12)14(18)17-5-4-11(16)8-17/h1-3,6,11-13H,4-5,7-8,16H2/t11-,12?,13?/m1/s1. The number of carbonyl (C=O) groups is 1. The van der Waals surface area contributed by atoms with Crippen LogP contribution in [-0.2, 0) is 4.79 Å². The molecule has 2 unspecified atom stereocenters. The van der Waals surface area contributed by atoms with Crippen LogP contribution >= 0.6 is 0 Å². The highest BCUT2D eigenvalue weighted by Gasteiger charge is 2.46. The van der Waals surface area contributed by atoms with Crippen molar-refractivity contribution < 1.29 is 9.18 Å². The lowest BCUT2D eigenvalue weighted by Crippen LogP contribution is -2.33. The number of amides is 1. The zero-order chi connectivity index (χ0) is 12.7. The Morgan fingerprint density at radius 1 is 1.44 bits per heavy atom. The van der Waals surface area contributed by atoms with E-state index in [1.54, 1.807) is 6.07 Å². The number of hydrogen-bond donors (Lipinski definition) is 1. The number of hydrogen-bond acceptors (Lipinski definition) is 2.